The molecule has 0 unspecified atom stereocenters. The zero-order valence-electron chi connectivity index (χ0n) is 15.0. The lowest BCUT2D eigenvalue weighted by atomic mass is 10.2. The first-order chi connectivity index (χ1) is 13.6. The summed E-state index contributed by atoms with van der Waals surface area (Å²) in [5.41, 5.74) is 8.34. The van der Waals surface area contributed by atoms with Crippen molar-refractivity contribution in [3.63, 3.8) is 0 Å². The highest BCUT2D eigenvalue weighted by Gasteiger charge is 2.16. The van der Waals surface area contributed by atoms with E-state index in [1.807, 2.05) is 18.2 Å². The molecule has 0 aliphatic heterocycles. The molecule has 140 valence electrons. The predicted molar refractivity (Wildman–Crippen MR) is 105 cm³/mol. The highest BCUT2D eigenvalue weighted by Crippen LogP contribution is 2.33. The van der Waals surface area contributed by atoms with Gasteiger partial charge in [0.05, 0.1) is 10.7 Å². The lowest BCUT2D eigenvalue weighted by molar-refractivity contribution is 0.430. The van der Waals surface area contributed by atoms with Crippen LogP contribution in [0.3, 0.4) is 0 Å². The predicted octanol–water partition coefficient (Wildman–Crippen LogP) is 3.24. The number of nitrogens with zero attached hydrogens (tertiary/aromatic N) is 6. The Morgan fingerprint density at radius 3 is 2.57 bits per heavy atom. The Morgan fingerprint density at radius 2 is 1.86 bits per heavy atom. The molecule has 4 aromatic rings. The maximum Gasteiger partial charge on any atom is 0.218 e. The van der Waals surface area contributed by atoms with Crippen LogP contribution < -0.4 is 10.5 Å². The van der Waals surface area contributed by atoms with Gasteiger partial charge in [0.2, 0.25) is 5.88 Å². The van der Waals surface area contributed by atoms with Crippen LogP contribution in [-0.4, -0.2) is 29.7 Å². The lowest BCUT2D eigenvalue weighted by Gasteiger charge is -2.10. The number of aryl methyl sites for hydroxylation is 1. The van der Waals surface area contributed by atoms with Crippen molar-refractivity contribution >= 4 is 11.6 Å². The Bertz CT molecular complexity index is 1100. The fourth-order valence-electron chi connectivity index (χ4n) is 2.55. The second kappa shape index (κ2) is 7.71. The molecule has 0 bridgehead atoms. The largest absolute Gasteiger partial charge is 0.437 e. The number of pyridine rings is 2. The van der Waals surface area contributed by atoms with Crippen molar-refractivity contribution in [2.45, 2.75) is 6.54 Å². The molecule has 0 atom stereocenters. The zero-order valence-corrected chi connectivity index (χ0v) is 15.7. The third kappa shape index (κ3) is 3.68. The average molecular weight is 394 g/mol. The van der Waals surface area contributed by atoms with Crippen LogP contribution in [-0.2, 0) is 13.6 Å². The van der Waals surface area contributed by atoms with E-state index in [1.54, 1.807) is 42.5 Å². The van der Waals surface area contributed by atoms with Crippen molar-refractivity contribution < 1.29 is 4.74 Å². The first-order valence-electron chi connectivity index (χ1n) is 8.44. The van der Waals surface area contributed by atoms with E-state index in [1.165, 1.54) is 6.20 Å². The van der Waals surface area contributed by atoms with Crippen LogP contribution in [0.2, 0.25) is 5.02 Å². The molecule has 4 rings (SSSR count). The summed E-state index contributed by atoms with van der Waals surface area (Å²) in [5, 5.41) is 4.89. The molecule has 28 heavy (non-hydrogen) atoms. The van der Waals surface area contributed by atoms with Gasteiger partial charge in [0.1, 0.15) is 5.69 Å². The molecule has 0 fully saturated rings. The zero-order chi connectivity index (χ0) is 19.5. The number of halogens is 1. The van der Waals surface area contributed by atoms with E-state index >= 15 is 0 Å². The smallest absolute Gasteiger partial charge is 0.218 e. The van der Waals surface area contributed by atoms with E-state index < -0.39 is 0 Å². The minimum Gasteiger partial charge on any atom is -0.437 e. The van der Waals surface area contributed by atoms with Gasteiger partial charge in [-0.25, -0.2) is 19.6 Å². The van der Waals surface area contributed by atoms with Gasteiger partial charge >= 0.3 is 0 Å². The average Bonchev–Trinajstić information content (AvgIpc) is 3.09. The Balaban J connectivity index is 1.70. The van der Waals surface area contributed by atoms with E-state index in [9.17, 15) is 0 Å². The summed E-state index contributed by atoms with van der Waals surface area (Å²) in [6.45, 7) is 0.364. The van der Waals surface area contributed by atoms with Gasteiger partial charge in [-0.1, -0.05) is 17.7 Å². The van der Waals surface area contributed by atoms with Crippen molar-refractivity contribution in [2.24, 2.45) is 12.8 Å². The van der Waals surface area contributed by atoms with Gasteiger partial charge < -0.3 is 10.5 Å². The Morgan fingerprint density at radius 1 is 1.04 bits per heavy atom. The van der Waals surface area contributed by atoms with E-state index in [0.29, 0.717) is 40.4 Å². The fourth-order valence-corrected chi connectivity index (χ4v) is 2.69. The van der Waals surface area contributed by atoms with E-state index in [0.717, 1.165) is 11.3 Å². The molecule has 8 nitrogen and oxygen atoms in total. The quantitative estimate of drug-likeness (QED) is 0.554. The molecule has 2 N–H and O–H groups in total. The highest BCUT2D eigenvalue weighted by atomic mass is 35.5. The van der Waals surface area contributed by atoms with Gasteiger partial charge in [0, 0.05) is 56.1 Å². The topological polar surface area (TPSA) is 105 Å². The van der Waals surface area contributed by atoms with Crippen LogP contribution >= 0.6 is 11.6 Å². The summed E-state index contributed by atoms with van der Waals surface area (Å²) in [4.78, 5) is 17.3. The van der Waals surface area contributed by atoms with E-state index in [2.05, 4.69) is 25.0 Å². The molecular weight excluding hydrogens is 378 g/mol. The highest BCUT2D eigenvalue weighted by molar-refractivity contribution is 6.30. The van der Waals surface area contributed by atoms with Crippen LogP contribution in [0, 0.1) is 0 Å². The molecule has 0 spiro atoms. The maximum atomic E-state index is 6.13. The van der Waals surface area contributed by atoms with Crippen LogP contribution in [0.1, 0.15) is 5.56 Å². The van der Waals surface area contributed by atoms with Gasteiger partial charge in [-0.15, -0.1) is 0 Å². The molecule has 4 heterocycles. The molecule has 0 amide bonds. The van der Waals surface area contributed by atoms with Crippen LogP contribution in [0.25, 0.3) is 22.9 Å². The fraction of sp³-hybridized carbons (Fsp3) is 0.105. The summed E-state index contributed by atoms with van der Waals surface area (Å²) in [6, 6.07) is 9.09. The van der Waals surface area contributed by atoms with Crippen LogP contribution in [0.15, 0.2) is 55.1 Å². The Kier molecular flexibility index (Phi) is 4.96. The van der Waals surface area contributed by atoms with Crippen molar-refractivity contribution in [1.82, 2.24) is 29.7 Å². The number of rotatable bonds is 5. The first kappa shape index (κ1) is 18.0. The molecule has 0 aliphatic rings. The van der Waals surface area contributed by atoms with Gasteiger partial charge in [0.15, 0.2) is 17.3 Å². The second-order valence-corrected chi connectivity index (χ2v) is 6.36. The molecule has 0 saturated heterocycles. The molecule has 9 heteroatoms. The molecular formula is C19H16ClN7O. The Labute approximate surface area is 166 Å². The summed E-state index contributed by atoms with van der Waals surface area (Å²) in [6.07, 6.45) is 6.55. The number of ether oxygens (including phenoxy) is 1. The first-order valence-corrected chi connectivity index (χ1v) is 8.82. The molecule has 0 saturated carbocycles. The summed E-state index contributed by atoms with van der Waals surface area (Å²) in [7, 11) is 1.78. The minimum absolute atomic E-state index is 0.364. The molecule has 4 aromatic heterocycles. The van der Waals surface area contributed by atoms with Crippen molar-refractivity contribution in [3.05, 3.63) is 65.7 Å². The SMILES string of the molecule is Cn1nc(-c2ccccn2)cc1Oc1cc(Cl)cnc1-c1ncc(CN)cn1. The van der Waals surface area contributed by atoms with Gasteiger partial charge in [-0.3, -0.25) is 4.98 Å². The number of aromatic nitrogens is 6. The summed E-state index contributed by atoms with van der Waals surface area (Å²) < 4.78 is 7.67. The summed E-state index contributed by atoms with van der Waals surface area (Å²) >= 11 is 6.13. The second-order valence-electron chi connectivity index (χ2n) is 5.93. The van der Waals surface area contributed by atoms with Crippen LogP contribution in [0.4, 0.5) is 0 Å². The van der Waals surface area contributed by atoms with Gasteiger partial charge in [-0.05, 0) is 12.1 Å². The third-order valence-corrected chi connectivity index (χ3v) is 4.16. The van der Waals surface area contributed by atoms with Gasteiger partial charge in [0.25, 0.3) is 0 Å². The van der Waals surface area contributed by atoms with Crippen molar-refractivity contribution in [3.8, 4) is 34.5 Å². The van der Waals surface area contributed by atoms with E-state index in [-0.39, 0.29) is 0 Å². The number of nitrogens with two attached hydrogens (primary N) is 1. The normalized spacial score (nSPS) is 10.8. The van der Waals surface area contributed by atoms with Gasteiger partial charge in [-0.2, -0.15) is 5.10 Å². The summed E-state index contributed by atoms with van der Waals surface area (Å²) in [5.74, 6) is 1.34. The minimum atomic E-state index is 0.364. The lowest BCUT2D eigenvalue weighted by Crippen LogP contribution is -2.01. The third-order valence-electron chi connectivity index (χ3n) is 3.95. The van der Waals surface area contributed by atoms with Crippen LogP contribution in [0.5, 0.6) is 11.6 Å². The van der Waals surface area contributed by atoms with Crippen molar-refractivity contribution in [1.29, 1.82) is 0 Å². The van der Waals surface area contributed by atoms with E-state index in [4.69, 9.17) is 22.1 Å². The Hall–Kier alpha value is -3.36. The van der Waals surface area contributed by atoms with Crippen molar-refractivity contribution in [2.75, 3.05) is 0 Å². The maximum absolute atomic E-state index is 6.13. The monoisotopic (exact) mass is 393 g/mol. The number of hydrogen-bond donors (Lipinski definition) is 1. The molecule has 0 aromatic carbocycles. The molecule has 0 aliphatic carbocycles. The standard InChI is InChI=1S/C19H16ClN7O/c1-27-17(7-15(26-27)14-4-2-3-5-22-14)28-16-6-13(20)11-23-18(16)19-24-9-12(8-21)10-25-19/h2-7,9-11H,8,21H2,1H3. The molecule has 0 radical (unpaired) electrons. The number of hydrogen-bond acceptors (Lipinski definition) is 7.